The quantitative estimate of drug-likeness (QED) is 0.446. The predicted molar refractivity (Wildman–Crippen MR) is 122 cm³/mol. The molecule has 5 aromatic rings. The number of hydrogen-bond donors (Lipinski definition) is 2. The number of fused-ring (bicyclic) bond motifs is 3. The number of rotatable bonds is 5. The Morgan fingerprint density at radius 3 is 2.66 bits per heavy atom. The molecule has 32 heavy (non-hydrogen) atoms. The fourth-order valence-electron chi connectivity index (χ4n) is 3.79. The Balaban J connectivity index is 1.44. The van der Waals surface area contributed by atoms with Gasteiger partial charge in [-0.25, -0.2) is 9.07 Å². The van der Waals surface area contributed by atoms with Gasteiger partial charge in [-0.15, -0.1) is 0 Å². The number of amides is 1. The molecule has 0 atom stereocenters. The summed E-state index contributed by atoms with van der Waals surface area (Å²) in [6.07, 6.45) is 2.10. The van der Waals surface area contributed by atoms with E-state index in [1.165, 1.54) is 16.9 Å². The summed E-state index contributed by atoms with van der Waals surface area (Å²) in [4.78, 5) is 29.7. The number of pyridine rings is 1. The fraction of sp³-hybridized carbons (Fsp3) is 0.0800. The summed E-state index contributed by atoms with van der Waals surface area (Å²) in [5.74, 6) is -0.673. The summed E-state index contributed by atoms with van der Waals surface area (Å²) in [5.41, 5.74) is 2.46. The molecule has 0 saturated heterocycles. The third-order valence-corrected chi connectivity index (χ3v) is 5.41. The van der Waals surface area contributed by atoms with Crippen LogP contribution in [0.5, 0.6) is 0 Å². The van der Waals surface area contributed by atoms with Crippen molar-refractivity contribution in [1.29, 1.82) is 0 Å². The van der Waals surface area contributed by atoms with Crippen molar-refractivity contribution in [2.75, 3.05) is 6.54 Å². The van der Waals surface area contributed by atoms with E-state index in [2.05, 4.69) is 15.4 Å². The van der Waals surface area contributed by atoms with Crippen molar-refractivity contribution < 1.29 is 9.18 Å². The lowest BCUT2D eigenvalue weighted by atomic mass is 10.1. The molecule has 5 rings (SSSR count). The molecule has 7 heteroatoms. The largest absolute Gasteiger partial charge is 0.352 e. The van der Waals surface area contributed by atoms with Crippen LogP contribution in [0.2, 0.25) is 0 Å². The number of benzene rings is 3. The molecule has 158 valence electrons. The Morgan fingerprint density at radius 1 is 1.00 bits per heavy atom. The van der Waals surface area contributed by atoms with E-state index < -0.39 is 5.82 Å². The molecule has 0 radical (unpaired) electrons. The second kappa shape index (κ2) is 8.11. The van der Waals surface area contributed by atoms with E-state index >= 15 is 0 Å². The Bertz CT molecular complexity index is 1510. The maximum atomic E-state index is 14.1. The number of nitrogens with zero attached hydrogens (tertiary/aromatic N) is 2. The third-order valence-electron chi connectivity index (χ3n) is 5.41. The minimum Gasteiger partial charge on any atom is -0.352 e. The SMILES string of the molecule is O=C(NCCc1ccccc1)c1cccc(-n2[nH]c3c(cnc4c(F)cccc43)c2=O)c1. The third kappa shape index (κ3) is 3.54. The standard InChI is InChI=1S/C25H19FN4O2/c26-21-11-5-10-19-22-20(15-28-23(19)21)25(32)30(29-22)18-9-4-8-17(14-18)24(31)27-13-12-16-6-2-1-3-7-16/h1-11,14-15,29H,12-13H2,(H,27,31). The maximum Gasteiger partial charge on any atom is 0.280 e. The molecule has 0 saturated carbocycles. The molecule has 2 N–H and O–H groups in total. The maximum absolute atomic E-state index is 14.1. The lowest BCUT2D eigenvalue weighted by Crippen LogP contribution is -2.26. The number of carbonyl (C=O) groups is 1. The van der Waals surface area contributed by atoms with Crippen molar-refractivity contribution in [2.45, 2.75) is 6.42 Å². The van der Waals surface area contributed by atoms with E-state index in [1.54, 1.807) is 36.4 Å². The molecule has 1 amide bonds. The van der Waals surface area contributed by atoms with Gasteiger partial charge in [0.1, 0.15) is 11.3 Å². The highest BCUT2D eigenvalue weighted by molar-refractivity contribution is 6.03. The lowest BCUT2D eigenvalue weighted by molar-refractivity contribution is 0.0954. The van der Waals surface area contributed by atoms with E-state index in [0.717, 1.165) is 12.0 Å². The zero-order valence-corrected chi connectivity index (χ0v) is 17.0. The normalized spacial score (nSPS) is 11.2. The van der Waals surface area contributed by atoms with E-state index in [1.807, 2.05) is 30.3 Å². The van der Waals surface area contributed by atoms with Gasteiger partial charge in [0.2, 0.25) is 0 Å². The van der Waals surface area contributed by atoms with E-state index in [9.17, 15) is 14.0 Å². The summed E-state index contributed by atoms with van der Waals surface area (Å²) < 4.78 is 15.4. The van der Waals surface area contributed by atoms with Gasteiger partial charge in [-0.2, -0.15) is 0 Å². The van der Waals surface area contributed by atoms with Crippen molar-refractivity contribution in [3.05, 3.63) is 106 Å². The van der Waals surface area contributed by atoms with Crippen molar-refractivity contribution in [2.24, 2.45) is 0 Å². The Labute approximate surface area is 182 Å². The molecule has 0 aliphatic rings. The highest BCUT2D eigenvalue weighted by Gasteiger charge is 2.15. The van der Waals surface area contributed by atoms with Crippen molar-refractivity contribution >= 4 is 27.7 Å². The van der Waals surface area contributed by atoms with E-state index in [0.29, 0.717) is 34.1 Å². The molecular formula is C25H19FN4O2. The topological polar surface area (TPSA) is 79.8 Å². The number of nitrogens with one attached hydrogen (secondary N) is 2. The van der Waals surface area contributed by atoms with Gasteiger partial charge in [0, 0.05) is 23.7 Å². The monoisotopic (exact) mass is 426 g/mol. The average Bonchev–Trinajstić information content (AvgIpc) is 3.17. The Kier molecular flexibility index (Phi) is 4.99. The average molecular weight is 426 g/mol. The van der Waals surface area contributed by atoms with Crippen molar-refractivity contribution in [1.82, 2.24) is 20.1 Å². The van der Waals surface area contributed by atoms with Crippen LogP contribution in [0.4, 0.5) is 4.39 Å². The molecule has 6 nitrogen and oxygen atoms in total. The first-order valence-electron chi connectivity index (χ1n) is 10.2. The fourth-order valence-corrected chi connectivity index (χ4v) is 3.79. The van der Waals surface area contributed by atoms with E-state index in [-0.39, 0.29) is 17.0 Å². The summed E-state index contributed by atoms with van der Waals surface area (Å²) in [6, 6.07) is 21.3. The van der Waals surface area contributed by atoms with Crippen LogP contribution in [-0.2, 0) is 6.42 Å². The smallest absolute Gasteiger partial charge is 0.280 e. The molecular weight excluding hydrogens is 407 g/mol. The lowest BCUT2D eigenvalue weighted by Gasteiger charge is -2.07. The first-order chi connectivity index (χ1) is 15.6. The number of H-pyrrole nitrogens is 1. The molecule has 2 heterocycles. The van der Waals surface area contributed by atoms with Gasteiger partial charge in [0.05, 0.1) is 16.6 Å². The summed E-state index contributed by atoms with van der Waals surface area (Å²) in [7, 11) is 0. The number of hydrogen-bond acceptors (Lipinski definition) is 3. The summed E-state index contributed by atoms with van der Waals surface area (Å²) >= 11 is 0. The van der Waals surface area contributed by atoms with Crippen LogP contribution < -0.4 is 10.9 Å². The summed E-state index contributed by atoms with van der Waals surface area (Å²) in [6.45, 7) is 0.503. The minimum atomic E-state index is -0.452. The number of aromatic amines is 1. The zero-order valence-electron chi connectivity index (χ0n) is 17.0. The molecule has 3 aromatic carbocycles. The molecule has 0 aliphatic carbocycles. The van der Waals surface area contributed by atoms with E-state index in [4.69, 9.17) is 0 Å². The van der Waals surface area contributed by atoms with Gasteiger partial charge in [-0.3, -0.25) is 19.7 Å². The molecule has 0 fully saturated rings. The van der Waals surface area contributed by atoms with Gasteiger partial charge >= 0.3 is 0 Å². The van der Waals surface area contributed by atoms with Crippen molar-refractivity contribution in [3.8, 4) is 5.69 Å². The molecule has 0 spiro atoms. The predicted octanol–water partition coefficient (Wildman–Crippen LogP) is 3.98. The van der Waals surface area contributed by atoms with Crippen LogP contribution in [-0.4, -0.2) is 27.2 Å². The van der Waals surface area contributed by atoms with Crippen LogP contribution in [0, 0.1) is 5.82 Å². The van der Waals surface area contributed by atoms with Gasteiger partial charge in [0.15, 0.2) is 0 Å². The molecule has 0 unspecified atom stereocenters. The Morgan fingerprint density at radius 2 is 1.81 bits per heavy atom. The highest BCUT2D eigenvalue weighted by atomic mass is 19.1. The van der Waals surface area contributed by atoms with Crippen LogP contribution in [0.25, 0.3) is 27.5 Å². The zero-order chi connectivity index (χ0) is 22.1. The highest BCUT2D eigenvalue weighted by Crippen LogP contribution is 2.23. The van der Waals surface area contributed by atoms with Crippen LogP contribution in [0.3, 0.4) is 0 Å². The number of halogens is 1. The first-order valence-corrected chi connectivity index (χ1v) is 10.2. The summed E-state index contributed by atoms with van der Waals surface area (Å²) in [5, 5.41) is 6.83. The Hall–Kier alpha value is -4.26. The van der Waals surface area contributed by atoms with Crippen molar-refractivity contribution in [3.63, 3.8) is 0 Å². The number of para-hydroxylation sites is 1. The second-order valence-corrected chi connectivity index (χ2v) is 7.48. The second-order valence-electron chi connectivity index (χ2n) is 7.48. The first kappa shape index (κ1) is 19.7. The molecule has 0 aliphatic heterocycles. The number of aromatic nitrogens is 3. The van der Waals surface area contributed by atoms with Gasteiger partial charge in [0.25, 0.3) is 11.5 Å². The van der Waals surface area contributed by atoms with Gasteiger partial charge in [-0.05, 0) is 36.2 Å². The minimum absolute atomic E-state index is 0.194. The van der Waals surface area contributed by atoms with Crippen LogP contribution in [0.1, 0.15) is 15.9 Å². The van der Waals surface area contributed by atoms with Crippen LogP contribution in [0.15, 0.2) is 83.8 Å². The van der Waals surface area contributed by atoms with Crippen LogP contribution >= 0.6 is 0 Å². The molecule has 2 aromatic heterocycles. The number of carbonyl (C=O) groups excluding carboxylic acids is 1. The molecule has 0 bridgehead atoms. The van der Waals surface area contributed by atoms with Gasteiger partial charge in [-0.1, -0.05) is 48.5 Å². The van der Waals surface area contributed by atoms with Gasteiger partial charge < -0.3 is 5.32 Å².